The molecule has 0 atom stereocenters. The summed E-state index contributed by atoms with van der Waals surface area (Å²) in [6, 6.07) is 0. The number of rotatable bonds is 3. The van der Waals surface area contributed by atoms with Gasteiger partial charge in [-0.15, -0.1) is 0 Å². The Kier molecular flexibility index (Phi) is 3.30. The first-order valence-electron chi connectivity index (χ1n) is 1.80. The zero-order valence-corrected chi connectivity index (χ0v) is 5.12. The smallest absolute Gasteiger partial charge is 0.303 e. The average Bonchev–Trinajstić information content (AvgIpc) is 1.63. The SMILES string of the molecule is O=C=NCOP(=O)(O)O. The number of phosphoric acid groups is 1. The number of nitrogens with zero attached hydrogens (tertiary/aromatic N) is 1. The number of aliphatic imine (C=N–C) groups is 1. The second-order valence-electron chi connectivity index (χ2n) is 0.998. The van der Waals surface area contributed by atoms with Crippen molar-refractivity contribution in [1.82, 2.24) is 0 Å². The van der Waals surface area contributed by atoms with Crippen LogP contribution in [0.4, 0.5) is 0 Å². The van der Waals surface area contributed by atoms with Crippen LogP contribution in [0.25, 0.3) is 0 Å². The molecular formula is C2H4NO5P. The van der Waals surface area contributed by atoms with Gasteiger partial charge in [0, 0.05) is 0 Å². The van der Waals surface area contributed by atoms with E-state index in [4.69, 9.17) is 9.79 Å². The number of phosphoric ester groups is 1. The molecule has 0 spiro atoms. The molecule has 0 aliphatic heterocycles. The Morgan fingerprint density at radius 1 is 1.67 bits per heavy atom. The van der Waals surface area contributed by atoms with E-state index in [2.05, 4.69) is 9.52 Å². The van der Waals surface area contributed by atoms with Crippen LogP contribution in [0.2, 0.25) is 0 Å². The normalized spacial score (nSPS) is 10.4. The Balaban J connectivity index is 3.52. The molecule has 0 saturated heterocycles. The van der Waals surface area contributed by atoms with Crippen molar-refractivity contribution in [3.05, 3.63) is 0 Å². The van der Waals surface area contributed by atoms with Crippen LogP contribution in [0.1, 0.15) is 0 Å². The van der Waals surface area contributed by atoms with Gasteiger partial charge in [0.25, 0.3) is 0 Å². The van der Waals surface area contributed by atoms with Gasteiger partial charge >= 0.3 is 7.82 Å². The van der Waals surface area contributed by atoms with E-state index < -0.39 is 14.6 Å². The maximum atomic E-state index is 9.79. The lowest BCUT2D eigenvalue weighted by molar-refractivity contribution is 0.203. The highest BCUT2D eigenvalue weighted by molar-refractivity contribution is 7.46. The van der Waals surface area contributed by atoms with E-state index in [-0.39, 0.29) is 0 Å². The summed E-state index contributed by atoms with van der Waals surface area (Å²) in [5.74, 6) is 0. The van der Waals surface area contributed by atoms with Crippen LogP contribution in [-0.2, 0) is 13.9 Å². The molecule has 0 bridgehead atoms. The fraction of sp³-hybridized carbons (Fsp3) is 0.500. The summed E-state index contributed by atoms with van der Waals surface area (Å²) in [7, 11) is -4.47. The molecule has 0 saturated carbocycles. The number of isocyanates is 1. The van der Waals surface area contributed by atoms with Crippen molar-refractivity contribution in [3.63, 3.8) is 0 Å². The van der Waals surface area contributed by atoms with Crippen LogP contribution in [0.5, 0.6) is 0 Å². The first-order chi connectivity index (χ1) is 4.06. The van der Waals surface area contributed by atoms with Gasteiger partial charge in [-0.05, 0) is 0 Å². The molecule has 0 rings (SSSR count). The van der Waals surface area contributed by atoms with Gasteiger partial charge in [-0.2, -0.15) is 4.99 Å². The monoisotopic (exact) mass is 153 g/mol. The maximum Gasteiger partial charge on any atom is 0.471 e. The molecular weight excluding hydrogens is 149 g/mol. The predicted molar refractivity (Wildman–Crippen MR) is 26.1 cm³/mol. The van der Waals surface area contributed by atoms with Crippen molar-refractivity contribution in [1.29, 1.82) is 0 Å². The summed E-state index contributed by atoms with van der Waals surface area (Å²) < 4.78 is 13.5. The minimum absolute atomic E-state index is 0.659. The van der Waals surface area contributed by atoms with Crippen molar-refractivity contribution in [2.24, 2.45) is 4.99 Å². The highest BCUT2D eigenvalue weighted by atomic mass is 31.2. The topological polar surface area (TPSA) is 96.2 Å². The first kappa shape index (κ1) is 8.49. The van der Waals surface area contributed by atoms with E-state index in [9.17, 15) is 9.36 Å². The highest BCUT2D eigenvalue weighted by Gasteiger charge is 2.11. The third-order valence-electron chi connectivity index (χ3n) is 0.355. The first-order valence-corrected chi connectivity index (χ1v) is 3.33. The molecule has 0 radical (unpaired) electrons. The molecule has 7 heteroatoms. The lowest BCUT2D eigenvalue weighted by Gasteiger charge is -1.97. The Hall–Kier alpha value is -0.510. The van der Waals surface area contributed by atoms with Crippen LogP contribution in [0.3, 0.4) is 0 Å². The van der Waals surface area contributed by atoms with E-state index in [1.54, 1.807) is 0 Å². The van der Waals surface area contributed by atoms with Gasteiger partial charge in [-0.3, -0.25) is 4.52 Å². The largest absolute Gasteiger partial charge is 0.471 e. The third-order valence-corrected chi connectivity index (χ3v) is 0.807. The molecule has 0 aromatic carbocycles. The molecule has 0 fully saturated rings. The van der Waals surface area contributed by atoms with Crippen LogP contribution in [0, 0.1) is 0 Å². The second kappa shape index (κ2) is 3.50. The standard InChI is InChI=1S/C2H4NO5P/c4-1-3-2-8-9(5,6)7/h2H2,(H2,5,6,7). The molecule has 0 aromatic heterocycles. The molecule has 0 aliphatic carbocycles. The summed E-state index contributed by atoms with van der Waals surface area (Å²) in [4.78, 5) is 27.9. The summed E-state index contributed by atoms with van der Waals surface area (Å²) in [5.41, 5.74) is 0. The number of hydrogen-bond donors (Lipinski definition) is 2. The summed E-state index contributed by atoms with van der Waals surface area (Å²) in [5, 5.41) is 0. The Morgan fingerprint density at radius 2 is 2.22 bits per heavy atom. The quantitative estimate of drug-likeness (QED) is 0.320. The van der Waals surface area contributed by atoms with E-state index >= 15 is 0 Å². The minimum Gasteiger partial charge on any atom is -0.303 e. The van der Waals surface area contributed by atoms with Gasteiger partial charge in [0.2, 0.25) is 6.08 Å². The lowest BCUT2D eigenvalue weighted by Crippen LogP contribution is -1.86. The Labute approximate surface area is 50.4 Å². The number of hydrogen-bond acceptors (Lipinski definition) is 4. The van der Waals surface area contributed by atoms with Gasteiger partial charge in [0.1, 0.15) is 0 Å². The van der Waals surface area contributed by atoms with Crippen LogP contribution in [0.15, 0.2) is 4.99 Å². The predicted octanol–water partition coefficient (Wildman–Crippen LogP) is -0.611. The average molecular weight is 153 g/mol. The van der Waals surface area contributed by atoms with Crippen molar-refractivity contribution >= 4 is 13.9 Å². The van der Waals surface area contributed by atoms with Crippen molar-refractivity contribution in [2.45, 2.75) is 0 Å². The Morgan fingerprint density at radius 3 is 2.56 bits per heavy atom. The van der Waals surface area contributed by atoms with Gasteiger partial charge in [0.05, 0.1) is 0 Å². The fourth-order valence-electron chi connectivity index (χ4n) is 0.130. The lowest BCUT2D eigenvalue weighted by atomic mass is 11.3. The summed E-state index contributed by atoms with van der Waals surface area (Å²) in [6.45, 7) is -0.659. The van der Waals surface area contributed by atoms with E-state index in [0.717, 1.165) is 6.08 Å². The molecule has 6 nitrogen and oxygen atoms in total. The molecule has 0 aromatic rings. The van der Waals surface area contributed by atoms with E-state index in [1.807, 2.05) is 0 Å². The highest BCUT2D eigenvalue weighted by Crippen LogP contribution is 2.35. The third kappa shape index (κ3) is 7.49. The molecule has 0 aliphatic rings. The maximum absolute atomic E-state index is 9.79. The fourth-order valence-corrected chi connectivity index (χ4v) is 0.339. The Bertz CT molecular complexity index is 166. The van der Waals surface area contributed by atoms with Crippen molar-refractivity contribution in [2.75, 3.05) is 6.73 Å². The second-order valence-corrected chi connectivity index (χ2v) is 2.24. The van der Waals surface area contributed by atoms with E-state index in [0.29, 0.717) is 0 Å². The van der Waals surface area contributed by atoms with Gasteiger partial charge in [-0.1, -0.05) is 0 Å². The molecule has 0 heterocycles. The zero-order valence-electron chi connectivity index (χ0n) is 4.22. The van der Waals surface area contributed by atoms with E-state index in [1.165, 1.54) is 0 Å². The van der Waals surface area contributed by atoms with Crippen LogP contribution in [-0.4, -0.2) is 22.6 Å². The van der Waals surface area contributed by atoms with Crippen molar-refractivity contribution < 1.29 is 23.7 Å². The van der Waals surface area contributed by atoms with Gasteiger partial charge < -0.3 is 9.79 Å². The molecule has 0 unspecified atom stereocenters. The number of carbonyl (C=O) groups excluding carboxylic acids is 1. The molecule has 52 valence electrons. The molecule has 2 N–H and O–H groups in total. The summed E-state index contributed by atoms with van der Waals surface area (Å²) in [6.07, 6.45) is 1.05. The molecule has 9 heavy (non-hydrogen) atoms. The minimum atomic E-state index is -4.47. The van der Waals surface area contributed by atoms with Gasteiger partial charge in [0.15, 0.2) is 6.73 Å². The van der Waals surface area contributed by atoms with Crippen LogP contribution >= 0.6 is 7.82 Å². The van der Waals surface area contributed by atoms with Crippen LogP contribution < -0.4 is 0 Å². The molecule has 0 amide bonds. The van der Waals surface area contributed by atoms with Gasteiger partial charge in [-0.25, -0.2) is 9.36 Å². The summed E-state index contributed by atoms with van der Waals surface area (Å²) >= 11 is 0. The van der Waals surface area contributed by atoms with Crippen molar-refractivity contribution in [3.8, 4) is 0 Å². The zero-order chi connectivity index (χ0) is 7.33.